The van der Waals surface area contributed by atoms with Gasteiger partial charge in [0.2, 0.25) is 0 Å². The fraction of sp³-hybridized carbons (Fsp3) is 0.0952. The summed E-state index contributed by atoms with van der Waals surface area (Å²) in [7, 11) is 0. The Kier molecular flexibility index (Phi) is 3.97. The molecule has 2 aromatic carbocycles. The maximum absolute atomic E-state index is 11.4. The molecule has 0 aliphatic carbocycles. The van der Waals surface area contributed by atoms with E-state index in [2.05, 4.69) is 14.5 Å². The van der Waals surface area contributed by atoms with Crippen LogP contribution in [0.5, 0.6) is 0 Å². The number of hydrogen-bond acceptors (Lipinski definition) is 3. The second-order valence-corrected chi connectivity index (χ2v) is 6.12. The van der Waals surface area contributed by atoms with Gasteiger partial charge >= 0.3 is 5.97 Å². The van der Waals surface area contributed by atoms with Crippen LogP contribution in [0.4, 0.5) is 0 Å². The van der Waals surface area contributed by atoms with E-state index < -0.39 is 5.97 Å². The molecule has 128 valence electrons. The predicted molar refractivity (Wildman–Crippen MR) is 100 cm³/mol. The quantitative estimate of drug-likeness (QED) is 0.604. The summed E-state index contributed by atoms with van der Waals surface area (Å²) in [6, 6.07) is 18.8. The van der Waals surface area contributed by atoms with Crippen LogP contribution >= 0.6 is 0 Å². The molecular formula is C21H17N3O2. The lowest BCUT2D eigenvalue weighted by molar-refractivity contribution is 0.0697. The Morgan fingerprint density at radius 2 is 1.81 bits per heavy atom. The van der Waals surface area contributed by atoms with E-state index in [1.807, 2.05) is 49.4 Å². The van der Waals surface area contributed by atoms with Crippen molar-refractivity contribution < 1.29 is 9.90 Å². The van der Waals surface area contributed by atoms with Gasteiger partial charge in [0.1, 0.15) is 5.82 Å². The zero-order chi connectivity index (χ0) is 18.1. The first-order valence-electron chi connectivity index (χ1n) is 8.33. The summed E-state index contributed by atoms with van der Waals surface area (Å²) in [6.07, 6.45) is 1.73. The number of hydrogen-bond donors (Lipinski definition) is 1. The number of aromatic nitrogens is 3. The molecule has 0 saturated carbocycles. The van der Waals surface area contributed by atoms with Crippen molar-refractivity contribution in [2.75, 3.05) is 0 Å². The molecule has 26 heavy (non-hydrogen) atoms. The van der Waals surface area contributed by atoms with Crippen molar-refractivity contribution in [3.63, 3.8) is 0 Å². The molecule has 0 aliphatic rings. The van der Waals surface area contributed by atoms with E-state index in [1.54, 1.807) is 24.4 Å². The lowest BCUT2D eigenvalue weighted by Gasteiger charge is -2.09. The Labute approximate surface area is 150 Å². The third kappa shape index (κ3) is 2.84. The number of rotatable bonds is 4. The van der Waals surface area contributed by atoms with E-state index in [0.29, 0.717) is 12.1 Å². The lowest BCUT2D eigenvalue weighted by Crippen LogP contribution is -2.04. The van der Waals surface area contributed by atoms with Crippen molar-refractivity contribution in [3.8, 4) is 11.1 Å². The highest BCUT2D eigenvalue weighted by Gasteiger charge is 2.12. The molecular weight excluding hydrogens is 326 g/mol. The number of aryl methyl sites for hydroxylation is 1. The lowest BCUT2D eigenvalue weighted by atomic mass is 10.0. The van der Waals surface area contributed by atoms with Gasteiger partial charge in [0.15, 0.2) is 0 Å². The van der Waals surface area contributed by atoms with Gasteiger partial charge in [-0.05, 0) is 36.8 Å². The van der Waals surface area contributed by atoms with Crippen LogP contribution in [0, 0.1) is 6.92 Å². The van der Waals surface area contributed by atoms with Crippen LogP contribution in [-0.4, -0.2) is 25.6 Å². The van der Waals surface area contributed by atoms with E-state index in [-0.39, 0.29) is 5.56 Å². The van der Waals surface area contributed by atoms with Crippen LogP contribution in [0.3, 0.4) is 0 Å². The van der Waals surface area contributed by atoms with Gasteiger partial charge in [0.25, 0.3) is 0 Å². The highest BCUT2D eigenvalue weighted by molar-refractivity contribution is 5.95. The molecule has 0 amide bonds. The Bertz CT molecular complexity index is 1100. The summed E-state index contributed by atoms with van der Waals surface area (Å²) < 4.78 is 2.13. The van der Waals surface area contributed by atoms with Crippen LogP contribution in [0.15, 0.2) is 66.9 Å². The van der Waals surface area contributed by atoms with Crippen LogP contribution < -0.4 is 0 Å². The van der Waals surface area contributed by atoms with E-state index in [4.69, 9.17) is 0 Å². The summed E-state index contributed by atoms with van der Waals surface area (Å²) in [5, 5.41) is 9.35. The molecule has 5 nitrogen and oxygen atoms in total. The van der Waals surface area contributed by atoms with Gasteiger partial charge in [-0.1, -0.05) is 36.4 Å². The highest BCUT2D eigenvalue weighted by atomic mass is 16.4. The summed E-state index contributed by atoms with van der Waals surface area (Å²) in [5.74, 6) is -0.00140. The molecule has 5 heteroatoms. The van der Waals surface area contributed by atoms with E-state index in [1.165, 1.54) is 0 Å². The third-order valence-electron chi connectivity index (χ3n) is 4.46. The molecule has 0 aliphatic heterocycles. The smallest absolute Gasteiger partial charge is 0.336 e. The van der Waals surface area contributed by atoms with Gasteiger partial charge in [-0.3, -0.25) is 4.98 Å². The van der Waals surface area contributed by atoms with Gasteiger partial charge in [0.05, 0.1) is 28.8 Å². The number of benzene rings is 2. The first kappa shape index (κ1) is 16.0. The molecule has 0 fully saturated rings. The number of nitrogens with zero attached hydrogens (tertiary/aromatic N) is 3. The molecule has 0 bridgehead atoms. The normalized spacial score (nSPS) is 11.0. The average Bonchev–Trinajstić information content (AvgIpc) is 2.98. The third-order valence-corrected chi connectivity index (χ3v) is 4.46. The first-order chi connectivity index (χ1) is 12.6. The molecule has 0 saturated heterocycles. The van der Waals surface area contributed by atoms with Crippen LogP contribution in [-0.2, 0) is 6.54 Å². The van der Waals surface area contributed by atoms with Crippen LogP contribution in [0.1, 0.15) is 21.9 Å². The topological polar surface area (TPSA) is 68.0 Å². The second-order valence-electron chi connectivity index (χ2n) is 6.12. The number of para-hydroxylation sites is 2. The summed E-state index contributed by atoms with van der Waals surface area (Å²) >= 11 is 0. The molecule has 0 radical (unpaired) electrons. The predicted octanol–water partition coefficient (Wildman–Crippen LogP) is 4.15. The Balaban J connectivity index is 1.67. The minimum Gasteiger partial charge on any atom is -0.478 e. The van der Waals surface area contributed by atoms with Gasteiger partial charge in [-0.2, -0.15) is 0 Å². The minimum absolute atomic E-state index is 0.276. The van der Waals surface area contributed by atoms with Crippen molar-refractivity contribution in [1.82, 2.24) is 14.5 Å². The number of carbonyl (C=O) groups is 1. The van der Waals surface area contributed by atoms with Crippen molar-refractivity contribution in [3.05, 3.63) is 83.9 Å². The summed E-state index contributed by atoms with van der Waals surface area (Å²) in [5.41, 5.74) is 4.68. The maximum Gasteiger partial charge on any atom is 0.336 e. The molecule has 4 aromatic rings. The van der Waals surface area contributed by atoms with E-state index >= 15 is 0 Å². The van der Waals surface area contributed by atoms with E-state index in [0.717, 1.165) is 28.1 Å². The summed E-state index contributed by atoms with van der Waals surface area (Å²) in [6.45, 7) is 2.60. The van der Waals surface area contributed by atoms with Crippen molar-refractivity contribution in [2.45, 2.75) is 13.5 Å². The molecule has 1 N–H and O–H groups in total. The fourth-order valence-electron chi connectivity index (χ4n) is 3.16. The monoisotopic (exact) mass is 343 g/mol. The molecule has 2 heterocycles. The number of carboxylic acid groups (broad SMARTS) is 1. The van der Waals surface area contributed by atoms with Crippen LogP contribution in [0.2, 0.25) is 0 Å². The van der Waals surface area contributed by atoms with Gasteiger partial charge < -0.3 is 9.67 Å². The number of carboxylic acids is 1. The zero-order valence-corrected chi connectivity index (χ0v) is 14.3. The SMILES string of the molecule is Cc1nc2ccccc2n1Cc1ccc(-c2ccccc2C(=O)O)cn1. The first-order valence-corrected chi connectivity index (χ1v) is 8.33. The number of pyridine rings is 1. The molecule has 2 aromatic heterocycles. The average molecular weight is 343 g/mol. The second kappa shape index (κ2) is 6.44. The van der Waals surface area contributed by atoms with Crippen molar-refractivity contribution >= 4 is 17.0 Å². The molecule has 4 rings (SSSR count). The molecule has 0 atom stereocenters. The Hall–Kier alpha value is -3.47. The van der Waals surface area contributed by atoms with E-state index in [9.17, 15) is 9.90 Å². The number of imidazole rings is 1. The fourth-order valence-corrected chi connectivity index (χ4v) is 3.16. The van der Waals surface area contributed by atoms with Crippen molar-refractivity contribution in [2.24, 2.45) is 0 Å². The van der Waals surface area contributed by atoms with Gasteiger partial charge in [-0.25, -0.2) is 9.78 Å². The zero-order valence-electron chi connectivity index (χ0n) is 14.3. The highest BCUT2D eigenvalue weighted by Crippen LogP contribution is 2.24. The largest absolute Gasteiger partial charge is 0.478 e. The molecule has 0 spiro atoms. The molecule has 0 unspecified atom stereocenters. The van der Waals surface area contributed by atoms with Gasteiger partial charge in [0, 0.05) is 11.8 Å². The van der Waals surface area contributed by atoms with Crippen LogP contribution in [0.25, 0.3) is 22.2 Å². The van der Waals surface area contributed by atoms with Crippen molar-refractivity contribution in [1.29, 1.82) is 0 Å². The van der Waals surface area contributed by atoms with Gasteiger partial charge in [-0.15, -0.1) is 0 Å². The Morgan fingerprint density at radius 3 is 2.58 bits per heavy atom. The number of aromatic carboxylic acids is 1. The minimum atomic E-state index is -0.940. The Morgan fingerprint density at radius 1 is 1.04 bits per heavy atom. The summed E-state index contributed by atoms with van der Waals surface area (Å²) in [4.78, 5) is 20.5. The number of fused-ring (bicyclic) bond motifs is 1. The maximum atomic E-state index is 11.4. The standard InChI is InChI=1S/C21H17N3O2/c1-14-23-19-8-4-5-9-20(19)24(14)13-16-11-10-15(12-22-16)17-6-2-3-7-18(17)21(25)26/h2-12H,13H2,1H3,(H,25,26).